The van der Waals surface area contributed by atoms with E-state index in [2.05, 4.69) is 51.2 Å². The number of nitrogens with zero attached hydrogens (tertiary/aromatic N) is 3. The lowest BCUT2D eigenvalue weighted by atomic mass is 9.87. The molecule has 4 rings (SSSR count). The average molecular weight is 436 g/mol. The predicted molar refractivity (Wildman–Crippen MR) is 118 cm³/mol. The van der Waals surface area contributed by atoms with Gasteiger partial charge in [0.2, 0.25) is 0 Å². The smallest absolute Gasteiger partial charge is 0.254 e. The van der Waals surface area contributed by atoms with E-state index >= 15 is 0 Å². The van der Waals surface area contributed by atoms with E-state index in [1.54, 1.807) is 22.6 Å². The van der Waals surface area contributed by atoms with Crippen LogP contribution in [-0.2, 0) is 10.3 Å². The normalized spacial score (nSPS) is 15.6. The van der Waals surface area contributed by atoms with Crippen LogP contribution in [0.15, 0.2) is 53.0 Å². The number of thioether (sulfide) groups is 1. The van der Waals surface area contributed by atoms with E-state index in [-0.39, 0.29) is 18.3 Å². The third-order valence-corrected chi connectivity index (χ3v) is 6.41. The van der Waals surface area contributed by atoms with Gasteiger partial charge in [-0.05, 0) is 50.4 Å². The number of thiazole rings is 1. The van der Waals surface area contributed by atoms with Gasteiger partial charge in [0, 0.05) is 28.2 Å². The molecule has 28 heavy (non-hydrogen) atoms. The van der Waals surface area contributed by atoms with Crippen molar-refractivity contribution >= 4 is 46.5 Å². The van der Waals surface area contributed by atoms with Gasteiger partial charge in [-0.3, -0.25) is 14.8 Å². The zero-order valence-electron chi connectivity index (χ0n) is 15.4. The van der Waals surface area contributed by atoms with Crippen molar-refractivity contribution in [1.29, 1.82) is 0 Å². The zero-order valence-corrected chi connectivity index (χ0v) is 17.9. The molecular formula is C19H22ClN5OS2. The zero-order chi connectivity index (χ0) is 18.7. The first-order chi connectivity index (χ1) is 13.2. The number of carbonyl (C=O) groups is 1. The van der Waals surface area contributed by atoms with Crippen molar-refractivity contribution in [2.45, 2.75) is 23.3 Å². The van der Waals surface area contributed by atoms with Gasteiger partial charge in [0.05, 0.1) is 5.69 Å². The average Bonchev–Trinajstić information content (AvgIpc) is 3.41. The van der Waals surface area contributed by atoms with Crippen LogP contribution in [0.3, 0.4) is 0 Å². The maximum Gasteiger partial charge on any atom is 0.254 e. The van der Waals surface area contributed by atoms with Crippen LogP contribution in [0, 0.1) is 0 Å². The van der Waals surface area contributed by atoms with E-state index in [1.807, 2.05) is 17.6 Å². The van der Waals surface area contributed by atoms with Crippen molar-refractivity contribution < 1.29 is 4.79 Å². The summed E-state index contributed by atoms with van der Waals surface area (Å²) in [6, 6.07) is 10.1. The van der Waals surface area contributed by atoms with E-state index in [0.29, 0.717) is 18.0 Å². The lowest BCUT2D eigenvalue weighted by Gasteiger charge is -2.36. The van der Waals surface area contributed by atoms with E-state index in [4.69, 9.17) is 0 Å². The van der Waals surface area contributed by atoms with Crippen LogP contribution in [0.2, 0.25) is 0 Å². The number of rotatable bonds is 5. The van der Waals surface area contributed by atoms with Gasteiger partial charge in [0.25, 0.3) is 5.91 Å². The van der Waals surface area contributed by atoms with Gasteiger partial charge in [-0.2, -0.15) is 5.10 Å². The molecule has 0 bridgehead atoms. The molecule has 2 N–H and O–H groups in total. The number of halogens is 1. The Morgan fingerprint density at radius 3 is 2.68 bits per heavy atom. The van der Waals surface area contributed by atoms with E-state index in [9.17, 15) is 4.79 Å². The molecule has 1 saturated heterocycles. The van der Waals surface area contributed by atoms with Crippen molar-refractivity contribution in [2.75, 3.05) is 24.7 Å². The van der Waals surface area contributed by atoms with Gasteiger partial charge < -0.3 is 5.32 Å². The summed E-state index contributed by atoms with van der Waals surface area (Å²) in [7, 11) is 0. The molecule has 0 radical (unpaired) electrons. The molecule has 1 aliphatic heterocycles. The fraction of sp³-hybridized carbons (Fsp3) is 0.316. The Kier molecular flexibility index (Phi) is 6.77. The number of amides is 1. The molecular weight excluding hydrogens is 414 g/mol. The minimum atomic E-state index is -0.666. The second-order valence-corrected chi connectivity index (χ2v) is 8.19. The van der Waals surface area contributed by atoms with Crippen LogP contribution in [0.5, 0.6) is 0 Å². The molecule has 9 heteroatoms. The van der Waals surface area contributed by atoms with Gasteiger partial charge in [-0.25, -0.2) is 4.98 Å². The highest BCUT2D eigenvalue weighted by Crippen LogP contribution is 2.31. The highest BCUT2D eigenvalue weighted by molar-refractivity contribution is 7.98. The Bertz CT molecular complexity index is 905. The maximum absolute atomic E-state index is 13.2. The number of nitrogens with one attached hydrogen (secondary N) is 2. The number of benzene rings is 1. The molecule has 6 nitrogen and oxygen atoms in total. The predicted octanol–water partition coefficient (Wildman–Crippen LogP) is 3.87. The van der Waals surface area contributed by atoms with Crippen LogP contribution < -0.4 is 10.6 Å². The third kappa shape index (κ3) is 4.10. The summed E-state index contributed by atoms with van der Waals surface area (Å²) in [4.78, 5) is 19.0. The first kappa shape index (κ1) is 20.9. The molecule has 1 fully saturated rings. The first-order valence-corrected chi connectivity index (χ1v) is 10.9. The lowest BCUT2D eigenvalue weighted by Crippen LogP contribution is -2.52. The third-order valence-electron chi connectivity index (χ3n) is 4.91. The van der Waals surface area contributed by atoms with Crippen LogP contribution >= 0.6 is 35.5 Å². The molecule has 0 spiro atoms. The quantitative estimate of drug-likeness (QED) is 0.595. The molecule has 1 aromatic carbocycles. The Labute approximate surface area is 178 Å². The van der Waals surface area contributed by atoms with Crippen molar-refractivity contribution in [3.8, 4) is 11.3 Å². The molecule has 0 atom stereocenters. The summed E-state index contributed by atoms with van der Waals surface area (Å²) in [6.45, 7) is 1.58. The van der Waals surface area contributed by atoms with Crippen LogP contribution in [0.25, 0.3) is 11.3 Å². The molecule has 1 amide bonds. The SMILES string of the molecule is CSc1ccc(-c2csc(NC(=O)C3(n4cccn4)CCNCC3)n2)cc1.Cl. The number of hydrogen-bond donors (Lipinski definition) is 2. The molecule has 148 valence electrons. The van der Waals surface area contributed by atoms with Gasteiger partial charge in [0.15, 0.2) is 5.13 Å². The standard InChI is InChI=1S/C19H21N5OS2.ClH/c1-26-15-5-3-14(4-6-15)16-13-27-18(22-16)23-17(25)19(7-10-20-11-8-19)24-12-2-9-21-24;/h2-6,9,12-13,20H,7-8,10-11H2,1H3,(H,22,23,25);1H. The van der Waals surface area contributed by atoms with Crippen LogP contribution in [0.1, 0.15) is 12.8 Å². The van der Waals surface area contributed by atoms with Crippen molar-refractivity contribution in [3.63, 3.8) is 0 Å². The summed E-state index contributed by atoms with van der Waals surface area (Å²) in [5.41, 5.74) is 1.26. The Morgan fingerprint density at radius 2 is 2.04 bits per heavy atom. The van der Waals surface area contributed by atoms with Gasteiger partial charge in [0.1, 0.15) is 5.54 Å². The Balaban J connectivity index is 0.00000225. The highest BCUT2D eigenvalue weighted by Gasteiger charge is 2.42. The minimum Gasteiger partial charge on any atom is -0.317 e. The van der Waals surface area contributed by atoms with Gasteiger partial charge in [-0.15, -0.1) is 35.5 Å². The summed E-state index contributed by atoms with van der Waals surface area (Å²) < 4.78 is 1.79. The lowest BCUT2D eigenvalue weighted by molar-refractivity contribution is -0.126. The molecule has 2 aromatic heterocycles. The Morgan fingerprint density at radius 1 is 1.29 bits per heavy atom. The van der Waals surface area contributed by atoms with Crippen molar-refractivity contribution in [2.24, 2.45) is 0 Å². The largest absolute Gasteiger partial charge is 0.317 e. The minimum absolute atomic E-state index is 0. The van der Waals surface area contributed by atoms with Gasteiger partial charge >= 0.3 is 0 Å². The topological polar surface area (TPSA) is 71.8 Å². The van der Waals surface area contributed by atoms with Crippen LogP contribution in [-0.4, -0.2) is 40.0 Å². The fourth-order valence-electron chi connectivity index (χ4n) is 3.36. The summed E-state index contributed by atoms with van der Waals surface area (Å²) in [5, 5.41) is 13.3. The van der Waals surface area contributed by atoms with E-state index in [0.717, 1.165) is 24.3 Å². The highest BCUT2D eigenvalue weighted by atomic mass is 35.5. The van der Waals surface area contributed by atoms with E-state index in [1.165, 1.54) is 16.2 Å². The summed E-state index contributed by atoms with van der Waals surface area (Å²) in [5.74, 6) is -0.0497. The molecule has 0 aliphatic carbocycles. The number of hydrogen-bond acceptors (Lipinski definition) is 6. The number of anilines is 1. The second kappa shape index (κ2) is 9.09. The maximum atomic E-state index is 13.2. The second-order valence-electron chi connectivity index (χ2n) is 6.45. The number of piperidine rings is 1. The van der Waals surface area contributed by atoms with Gasteiger partial charge in [-0.1, -0.05) is 12.1 Å². The molecule has 3 heterocycles. The van der Waals surface area contributed by atoms with Crippen LogP contribution in [0.4, 0.5) is 5.13 Å². The molecule has 3 aromatic rings. The fourth-order valence-corrected chi connectivity index (χ4v) is 4.48. The summed E-state index contributed by atoms with van der Waals surface area (Å²) >= 11 is 3.16. The van der Waals surface area contributed by atoms with E-state index < -0.39 is 5.54 Å². The Hall–Kier alpha value is -1.87. The van der Waals surface area contributed by atoms with Crippen molar-refractivity contribution in [3.05, 3.63) is 48.1 Å². The van der Waals surface area contributed by atoms with Crippen molar-refractivity contribution in [1.82, 2.24) is 20.1 Å². The number of carbonyl (C=O) groups excluding carboxylic acids is 1. The molecule has 1 aliphatic rings. The number of aromatic nitrogens is 3. The molecule has 0 unspecified atom stereocenters. The first-order valence-electron chi connectivity index (χ1n) is 8.83. The monoisotopic (exact) mass is 435 g/mol. The summed E-state index contributed by atoms with van der Waals surface area (Å²) in [6.07, 6.45) is 7.05. The molecule has 0 saturated carbocycles.